The molecule has 0 aromatic carbocycles. The van der Waals surface area contributed by atoms with Gasteiger partial charge in [-0.2, -0.15) is 15.3 Å². The number of nitrogens with one attached hydrogen (secondary N) is 2. The number of carboxylic acid groups (broad SMARTS) is 1. The molecule has 0 saturated carbocycles. The molecule has 3 aromatic heterocycles. The molecule has 0 saturated heterocycles. The van der Waals surface area contributed by atoms with Gasteiger partial charge in [-0.3, -0.25) is 23.6 Å². The lowest BCUT2D eigenvalue weighted by Gasteiger charge is -2.08. The monoisotopic (exact) mass is 400 g/mol. The molecule has 0 fully saturated rings. The van der Waals surface area contributed by atoms with Gasteiger partial charge in [0.15, 0.2) is 5.69 Å². The van der Waals surface area contributed by atoms with Gasteiger partial charge >= 0.3 is 5.97 Å². The Labute approximate surface area is 165 Å². The normalized spacial score (nSPS) is 11.9. The molecule has 0 radical (unpaired) electrons. The largest absolute Gasteiger partial charge is 0.480 e. The minimum absolute atomic E-state index is 0.0106. The van der Waals surface area contributed by atoms with Crippen LogP contribution in [0, 0.1) is 6.92 Å². The van der Waals surface area contributed by atoms with Crippen molar-refractivity contribution in [3.8, 4) is 0 Å². The average molecular weight is 400 g/mol. The topological polar surface area (TPSA) is 149 Å². The van der Waals surface area contributed by atoms with E-state index in [0.717, 1.165) is 5.69 Å². The third-order valence-corrected chi connectivity index (χ3v) is 4.48. The fraction of sp³-hybridized carbons (Fsp3) is 0.294. The second kappa shape index (κ2) is 7.58. The molecular formula is C17H20N8O4. The lowest BCUT2D eigenvalue weighted by molar-refractivity contribution is -0.140. The molecule has 0 aliphatic carbocycles. The van der Waals surface area contributed by atoms with Crippen molar-refractivity contribution in [2.24, 2.45) is 14.1 Å². The average Bonchev–Trinajstić information content (AvgIpc) is 3.37. The standard InChI is InChI=1S/C17H20N8O4/c1-9-12(7-18-23(9)3)20-16(27)14-13(8-19-24(14)4)21-15(26)11-5-6-25(22-11)10(2)17(28)29/h5-8,10H,1-4H3,(H,20,27)(H,21,26)(H,28,29). The van der Waals surface area contributed by atoms with Gasteiger partial charge in [-0.15, -0.1) is 0 Å². The van der Waals surface area contributed by atoms with Gasteiger partial charge in [0.1, 0.15) is 11.7 Å². The van der Waals surface area contributed by atoms with E-state index in [9.17, 15) is 14.4 Å². The zero-order valence-electron chi connectivity index (χ0n) is 16.2. The van der Waals surface area contributed by atoms with Gasteiger partial charge in [0, 0.05) is 20.3 Å². The Morgan fingerprint density at radius 2 is 1.66 bits per heavy atom. The summed E-state index contributed by atoms with van der Waals surface area (Å²) in [5, 5.41) is 26.4. The number of carbonyl (C=O) groups excluding carboxylic acids is 2. The smallest absolute Gasteiger partial charge is 0.328 e. The molecule has 0 spiro atoms. The summed E-state index contributed by atoms with van der Waals surface area (Å²) in [7, 11) is 3.33. The highest BCUT2D eigenvalue weighted by atomic mass is 16.4. The quantitative estimate of drug-likeness (QED) is 0.554. The first-order chi connectivity index (χ1) is 13.7. The molecule has 29 heavy (non-hydrogen) atoms. The summed E-state index contributed by atoms with van der Waals surface area (Å²) in [5.41, 5.74) is 1.65. The number of amides is 2. The second-order valence-corrected chi connectivity index (χ2v) is 6.40. The predicted octanol–water partition coefficient (Wildman–Crippen LogP) is 0.809. The first kappa shape index (κ1) is 19.8. The summed E-state index contributed by atoms with van der Waals surface area (Å²) < 4.78 is 4.12. The van der Waals surface area contributed by atoms with E-state index in [0.29, 0.717) is 5.69 Å². The number of carbonyl (C=O) groups is 3. The van der Waals surface area contributed by atoms with Crippen LogP contribution in [0.5, 0.6) is 0 Å². The minimum Gasteiger partial charge on any atom is -0.480 e. The number of rotatable bonds is 6. The highest BCUT2D eigenvalue weighted by Crippen LogP contribution is 2.19. The molecule has 3 N–H and O–H groups in total. The zero-order chi connectivity index (χ0) is 21.3. The zero-order valence-corrected chi connectivity index (χ0v) is 16.2. The van der Waals surface area contributed by atoms with Crippen molar-refractivity contribution in [2.75, 3.05) is 10.6 Å². The van der Waals surface area contributed by atoms with Crippen molar-refractivity contribution in [2.45, 2.75) is 19.9 Å². The van der Waals surface area contributed by atoms with Crippen molar-refractivity contribution in [3.05, 3.63) is 41.7 Å². The third kappa shape index (κ3) is 3.85. The van der Waals surface area contributed by atoms with E-state index >= 15 is 0 Å². The SMILES string of the molecule is Cc1c(NC(=O)c2c(NC(=O)c3ccn(C(C)C(=O)O)n3)cnn2C)cnn1C. The number of carboxylic acids is 1. The molecule has 12 nitrogen and oxygen atoms in total. The maximum Gasteiger partial charge on any atom is 0.328 e. The Bertz CT molecular complexity index is 1090. The maximum absolute atomic E-state index is 12.7. The number of hydrogen-bond acceptors (Lipinski definition) is 6. The van der Waals surface area contributed by atoms with Crippen molar-refractivity contribution in [3.63, 3.8) is 0 Å². The van der Waals surface area contributed by atoms with Crippen LogP contribution in [0.25, 0.3) is 0 Å². The van der Waals surface area contributed by atoms with Gasteiger partial charge < -0.3 is 15.7 Å². The van der Waals surface area contributed by atoms with Crippen molar-refractivity contribution < 1.29 is 19.5 Å². The van der Waals surface area contributed by atoms with E-state index in [1.54, 1.807) is 18.8 Å². The summed E-state index contributed by atoms with van der Waals surface area (Å²) >= 11 is 0. The molecule has 3 aromatic rings. The Morgan fingerprint density at radius 3 is 2.28 bits per heavy atom. The molecule has 3 rings (SSSR count). The van der Waals surface area contributed by atoms with Crippen LogP contribution >= 0.6 is 0 Å². The molecule has 1 unspecified atom stereocenters. The summed E-state index contributed by atoms with van der Waals surface area (Å²) in [4.78, 5) is 36.3. The lowest BCUT2D eigenvalue weighted by Crippen LogP contribution is -2.21. The number of anilines is 2. The van der Waals surface area contributed by atoms with Crippen molar-refractivity contribution in [1.29, 1.82) is 0 Å². The van der Waals surface area contributed by atoms with Gasteiger partial charge in [-0.25, -0.2) is 4.79 Å². The Kier molecular flexibility index (Phi) is 5.17. The summed E-state index contributed by atoms with van der Waals surface area (Å²) in [6.07, 6.45) is 4.27. The van der Waals surface area contributed by atoms with E-state index in [2.05, 4.69) is 25.9 Å². The third-order valence-electron chi connectivity index (χ3n) is 4.48. The molecule has 152 valence electrons. The van der Waals surface area contributed by atoms with Crippen LogP contribution < -0.4 is 10.6 Å². The van der Waals surface area contributed by atoms with Crippen LogP contribution in [-0.4, -0.2) is 52.2 Å². The van der Waals surface area contributed by atoms with E-state index in [4.69, 9.17) is 5.11 Å². The first-order valence-electron chi connectivity index (χ1n) is 8.60. The van der Waals surface area contributed by atoms with Crippen LogP contribution in [0.4, 0.5) is 11.4 Å². The van der Waals surface area contributed by atoms with Crippen LogP contribution in [0.15, 0.2) is 24.7 Å². The van der Waals surface area contributed by atoms with Crippen LogP contribution in [0.2, 0.25) is 0 Å². The molecule has 3 heterocycles. The number of nitrogens with zero attached hydrogens (tertiary/aromatic N) is 6. The van der Waals surface area contributed by atoms with Gasteiger partial charge in [0.25, 0.3) is 11.8 Å². The second-order valence-electron chi connectivity index (χ2n) is 6.40. The molecule has 2 amide bonds. The van der Waals surface area contributed by atoms with E-state index in [1.807, 2.05) is 6.92 Å². The van der Waals surface area contributed by atoms with Gasteiger partial charge in [-0.05, 0) is 19.9 Å². The molecule has 0 aliphatic heterocycles. The fourth-order valence-corrected chi connectivity index (χ4v) is 2.58. The first-order valence-corrected chi connectivity index (χ1v) is 8.60. The number of aliphatic carboxylic acids is 1. The van der Waals surface area contributed by atoms with E-state index in [-0.39, 0.29) is 17.1 Å². The summed E-state index contributed by atoms with van der Waals surface area (Å²) in [6.45, 7) is 3.25. The Hall–Kier alpha value is -3.96. The van der Waals surface area contributed by atoms with E-state index in [1.165, 1.54) is 40.9 Å². The summed E-state index contributed by atoms with van der Waals surface area (Å²) in [5.74, 6) is -2.14. The highest BCUT2D eigenvalue weighted by Gasteiger charge is 2.22. The minimum atomic E-state index is -1.07. The van der Waals surface area contributed by atoms with Gasteiger partial charge in [0.05, 0.1) is 29.5 Å². The van der Waals surface area contributed by atoms with Crippen LogP contribution in [-0.2, 0) is 18.9 Å². The summed E-state index contributed by atoms with van der Waals surface area (Å²) in [6, 6.07) is 0.475. The fourth-order valence-electron chi connectivity index (χ4n) is 2.58. The molecule has 0 bridgehead atoms. The number of hydrogen-bond donors (Lipinski definition) is 3. The number of aryl methyl sites for hydroxylation is 2. The molecular weight excluding hydrogens is 380 g/mol. The molecule has 12 heteroatoms. The van der Waals surface area contributed by atoms with Crippen LogP contribution in [0.1, 0.15) is 39.6 Å². The van der Waals surface area contributed by atoms with E-state index < -0.39 is 23.8 Å². The predicted molar refractivity (Wildman–Crippen MR) is 102 cm³/mol. The molecule has 1 atom stereocenters. The Morgan fingerprint density at radius 1 is 1.03 bits per heavy atom. The Balaban J connectivity index is 1.79. The maximum atomic E-state index is 12.7. The lowest BCUT2D eigenvalue weighted by atomic mass is 10.3. The van der Waals surface area contributed by atoms with Crippen molar-refractivity contribution >= 4 is 29.2 Å². The molecule has 0 aliphatic rings. The highest BCUT2D eigenvalue weighted by molar-refractivity contribution is 6.11. The van der Waals surface area contributed by atoms with Gasteiger partial charge in [-0.1, -0.05) is 0 Å². The van der Waals surface area contributed by atoms with Crippen LogP contribution in [0.3, 0.4) is 0 Å². The number of aromatic nitrogens is 6. The van der Waals surface area contributed by atoms with Gasteiger partial charge in [0.2, 0.25) is 0 Å². The van der Waals surface area contributed by atoms with Crippen molar-refractivity contribution in [1.82, 2.24) is 29.3 Å².